The summed E-state index contributed by atoms with van der Waals surface area (Å²) in [6.07, 6.45) is 5.06. The zero-order valence-electron chi connectivity index (χ0n) is 13.3. The molecule has 0 spiro atoms. The molecule has 0 fully saturated rings. The molecule has 1 aliphatic heterocycles. The minimum Gasteiger partial charge on any atom is -0.478 e. The van der Waals surface area contributed by atoms with Crippen molar-refractivity contribution < 1.29 is 14.3 Å². The summed E-state index contributed by atoms with van der Waals surface area (Å²) in [6, 6.07) is 10.1. The van der Waals surface area contributed by atoms with Gasteiger partial charge in [0.05, 0.1) is 11.6 Å². The number of carbonyl (C=O) groups is 1. The smallest absolute Gasteiger partial charge is 0.336 e. The van der Waals surface area contributed by atoms with Crippen LogP contribution in [0.25, 0.3) is 0 Å². The number of aromatic carboxylic acids is 1. The number of anilines is 1. The minimum absolute atomic E-state index is 0.0315. The van der Waals surface area contributed by atoms with E-state index in [9.17, 15) is 14.3 Å². The fraction of sp³-hybridized carbons (Fsp3) is 0.250. The molecule has 4 heteroatoms. The Morgan fingerprint density at radius 2 is 2.12 bits per heavy atom. The lowest BCUT2D eigenvalue weighted by molar-refractivity contribution is 0.0695. The summed E-state index contributed by atoms with van der Waals surface area (Å²) < 4.78 is 13.7. The first-order valence-electron chi connectivity index (χ1n) is 8.11. The summed E-state index contributed by atoms with van der Waals surface area (Å²) in [6.45, 7) is 1.97. The second kappa shape index (κ2) is 5.48. The first kappa shape index (κ1) is 14.9. The summed E-state index contributed by atoms with van der Waals surface area (Å²) in [5.74, 6) is -0.922. The van der Waals surface area contributed by atoms with E-state index >= 15 is 0 Å². The van der Waals surface area contributed by atoms with E-state index in [0.717, 1.165) is 28.8 Å². The van der Waals surface area contributed by atoms with Gasteiger partial charge in [-0.2, -0.15) is 0 Å². The number of hydrogen-bond acceptors (Lipinski definition) is 2. The van der Waals surface area contributed by atoms with Crippen LogP contribution in [0.15, 0.2) is 48.6 Å². The van der Waals surface area contributed by atoms with Crippen LogP contribution in [0.3, 0.4) is 0 Å². The van der Waals surface area contributed by atoms with Crippen molar-refractivity contribution in [1.82, 2.24) is 0 Å². The zero-order valence-corrected chi connectivity index (χ0v) is 13.3. The van der Waals surface area contributed by atoms with E-state index < -0.39 is 5.97 Å². The van der Waals surface area contributed by atoms with Crippen molar-refractivity contribution in [3.05, 3.63) is 76.6 Å². The molecular weight excluding hydrogens is 305 g/mol. The highest BCUT2D eigenvalue weighted by Crippen LogP contribution is 2.51. The molecule has 0 radical (unpaired) electrons. The number of carboxylic acids is 1. The maximum Gasteiger partial charge on any atom is 0.336 e. The van der Waals surface area contributed by atoms with Gasteiger partial charge in [0.2, 0.25) is 0 Å². The third-order valence-corrected chi connectivity index (χ3v) is 5.17. The van der Waals surface area contributed by atoms with Gasteiger partial charge in [0.1, 0.15) is 5.82 Å². The molecule has 0 saturated carbocycles. The molecule has 0 saturated heterocycles. The third kappa shape index (κ3) is 2.21. The predicted molar refractivity (Wildman–Crippen MR) is 90.9 cm³/mol. The SMILES string of the molecule is Cc1ccc(C(=O)O)c2c1N[C@H](c1cccc(F)c1)[C@H]1CC=C[C@H]21. The molecule has 2 aromatic carbocycles. The first-order valence-corrected chi connectivity index (χ1v) is 8.11. The van der Waals surface area contributed by atoms with Crippen LogP contribution < -0.4 is 5.32 Å². The number of fused-ring (bicyclic) bond motifs is 3. The van der Waals surface area contributed by atoms with Gasteiger partial charge in [0.15, 0.2) is 0 Å². The molecule has 0 amide bonds. The highest BCUT2D eigenvalue weighted by molar-refractivity contribution is 5.93. The molecule has 3 atom stereocenters. The fourth-order valence-corrected chi connectivity index (χ4v) is 4.07. The van der Waals surface area contributed by atoms with Crippen LogP contribution >= 0.6 is 0 Å². The van der Waals surface area contributed by atoms with Gasteiger partial charge in [-0.1, -0.05) is 30.4 Å². The Morgan fingerprint density at radius 3 is 2.88 bits per heavy atom. The molecule has 122 valence electrons. The van der Waals surface area contributed by atoms with Crippen molar-refractivity contribution in [1.29, 1.82) is 0 Å². The lowest BCUT2D eigenvalue weighted by Crippen LogP contribution is -2.31. The highest BCUT2D eigenvalue weighted by Gasteiger charge is 2.40. The maximum atomic E-state index is 13.7. The van der Waals surface area contributed by atoms with Crippen molar-refractivity contribution in [2.24, 2.45) is 5.92 Å². The van der Waals surface area contributed by atoms with Gasteiger partial charge in [0.25, 0.3) is 0 Å². The van der Waals surface area contributed by atoms with Gasteiger partial charge in [-0.15, -0.1) is 0 Å². The average molecular weight is 323 g/mol. The Bertz CT molecular complexity index is 859. The second-order valence-corrected chi connectivity index (χ2v) is 6.55. The number of benzene rings is 2. The van der Waals surface area contributed by atoms with E-state index in [4.69, 9.17) is 0 Å². The normalized spacial score (nSPS) is 24.2. The summed E-state index contributed by atoms with van der Waals surface area (Å²) in [4.78, 5) is 11.7. The molecule has 2 aliphatic rings. The number of allylic oxidation sites excluding steroid dienone is 2. The summed E-state index contributed by atoms with van der Waals surface area (Å²) >= 11 is 0. The van der Waals surface area contributed by atoms with Crippen LogP contribution in [0.2, 0.25) is 0 Å². The van der Waals surface area contributed by atoms with E-state index in [2.05, 4.69) is 17.5 Å². The number of nitrogens with one attached hydrogen (secondary N) is 1. The molecule has 2 aromatic rings. The van der Waals surface area contributed by atoms with Gasteiger partial charge in [-0.3, -0.25) is 0 Å². The molecule has 24 heavy (non-hydrogen) atoms. The molecule has 1 heterocycles. The van der Waals surface area contributed by atoms with E-state index in [-0.39, 0.29) is 23.7 Å². The van der Waals surface area contributed by atoms with Gasteiger partial charge in [-0.25, -0.2) is 9.18 Å². The molecule has 2 N–H and O–H groups in total. The quantitative estimate of drug-likeness (QED) is 0.790. The van der Waals surface area contributed by atoms with Crippen LogP contribution in [-0.4, -0.2) is 11.1 Å². The minimum atomic E-state index is -0.906. The van der Waals surface area contributed by atoms with Crippen molar-refractivity contribution in [2.75, 3.05) is 5.32 Å². The van der Waals surface area contributed by atoms with Gasteiger partial charge in [0, 0.05) is 11.6 Å². The Balaban J connectivity index is 1.88. The average Bonchev–Trinajstić information content (AvgIpc) is 3.04. The Kier molecular flexibility index (Phi) is 3.41. The molecule has 1 aliphatic carbocycles. The second-order valence-electron chi connectivity index (χ2n) is 6.55. The van der Waals surface area contributed by atoms with Crippen LogP contribution in [-0.2, 0) is 0 Å². The van der Waals surface area contributed by atoms with Crippen LogP contribution in [0.4, 0.5) is 10.1 Å². The summed E-state index contributed by atoms with van der Waals surface area (Å²) in [5, 5.41) is 13.1. The van der Waals surface area contributed by atoms with Gasteiger partial charge < -0.3 is 10.4 Å². The topological polar surface area (TPSA) is 49.3 Å². The maximum absolute atomic E-state index is 13.7. The number of hydrogen-bond donors (Lipinski definition) is 2. The van der Waals surface area contributed by atoms with E-state index in [1.165, 1.54) is 6.07 Å². The van der Waals surface area contributed by atoms with Crippen molar-refractivity contribution in [2.45, 2.75) is 25.3 Å². The van der Waals surface area contributed by atoms with Crippen LogP contribution in [0.5, 0.6) is 0 Å². The standard InChI is InChI=1S/C20H18FNO2/c1-11-8-9-16(20(23)24)17-14-6-3-7-15(14)19(22-18(11)17)12-4-2-5-13(21)10-12/h2-6,8-10,14-15,19,22H,7H2,1H3,(H,23,24)/t14-,15-,19+/m0/s1. The molecule has 0 bridgehead atoms. The monoisotopic (exact) mass is 323 g/mol. The number of rotatable bonds is 2. The van der Waals surface area contributed by atoms with Crippen molar-refractivity contribution >= 4 is 11.7 Å². The number of halogens is 1. The van der Waals surface area contributed by atoms with E-state index in [1.54, 1.807) is 18.2 Å². The largest absolute Gasteiger partial charge is 0.478 e. The Labute approximate surface area is 139 Å². The van der Waals surface area contributed by atoms with Crippen molar-refractivity contribution in [3.63, 3.8) is 0 Å². The van der Waals surface area contributed by atoms with E-state index in [0.29, 0.717) is 5.56 Å². The summed E-state index contributed by atoms with van der Waals surface area (Å²) in [5.41, 5.74) is 3.99. The molecule has 3 nitrogen and oxygen atoms in total. The Morgan fingerprint density at radius 1 is 1.29 bits per heavy atom. The van der Waals surface area contributed by atoms with E-state index in [1.807, 2.05) is 19.1 Å². The molecule has 0 aromatic heterocycles. The fourth-order valence-electron chi connectivity index (χ4n) is 4.07. The number of carboxylic acid groups (broad SMARTS) is 1. The first-order chi connectivity index (χ1) is 11.6. The highest BCUT2D eigenvalue weighted by atomic mass is 19.1. The van der Waals surface area contributed by atoms with Crippen molar-refractivity contribution in [3.8, 4) is 0 Å². The lowest BCUT2D eigenvalue weighted by atomic mass is 9.75. The van der Waals surface area contributed by atoms with Crippen LogP contribution in [0.1, 0.15) is 45.4 Å². The van der Waals surface area contributed by atoms with Gasteiger partial charge >= 0.3 is 5.97 Å². The van der Waals surface area contributed by atoms with Crippen LogP contribution in [0, 0.1) is 18.7 Å². The molecule has 4 rings (SSSR count). The van der Waals surface area contributed by atoms with Gasteiger partial charge in [-0.05, 0) is 54.2 Å². The number of aryl methyl sites for hydroxylation is 1. The summed E-state index contributed by atoms with van der Waals surface area (Å²) in [7, 11) is 0. The predicted octanol–water partition coefficient (Wildman–Crippen LogP) is 4.66. The zero-order chi connectivity index (χ0) is 16.8. The third-order valence-electron chi connectivity index (χ3n) is 5.17. The molecular formula is C20H18FNO2. The molecule has 0 unspecified atom stereocenters. The lowest BCUT2D eigenvalue weighted by Gasteiger charge is -2.39. The Hall–Kier alpha value is -2.62.